The summed E-state index contributed by atoms with van der Waals surface area (Å²) in [6.07, 6.45) is 3.77. The molecule has 0 unspecified atom stereocenters. The Balaban J connectivity index is 1.29. The van der Waals surface area contributed by atoms with Crippen molar-refractivity contribution in [2.45, 2.75) is 31.7 Å². The minimum absolute atomic E-state index is 0.00187. The van der Waals surface area contributed by atoms with Crippen LogP contribution >= 0.6 is 0 Å². The summed E-state index contributed by atoms with van der Waals surface area (Å²) in [5, 5.41) is 3.07. The van der Waals surface area contributed by atoms with E-state index in [1.54, 1.807) is 6.07 Å². The van der Waals surface area contributed by atoms with Crippen molar-refractivity contribution in [1.82, 2.24) is 10.2 Å². The highest BCUT2D eigenvalue weighted by atomic mass is 32.2. The standard InChI is InChI=1S/C28H33N3O3S/c1-35(33,34)30-27-16-8-14-24-17-19-31(20-26(24)27)21-28(32)29-18-9-15-25(22-10-4-2-5-11-22)23-12-6-3-7-13-23/h2-8,10-14,16,25,30H,9,15,17-21H2,1H3,(H,29,32). The summed E-state index contributed by atoms with van der Waals surface area (Å²) in [4.78, 5) is 14.7. The van der Waals surface area contributed by atoms with Crippen LogP contribution in [-0.2, 0) is 27.8 Å². The molecule has 3 aromatic rings. The summed E-state index contributed by atoms with van der Waals surface area (Å²) < 4.78 is 26.1. The van der Waals surface area contributed by atoms with Gasteiger partial charge in [-0.25, -0.2) is 8.42 Å². The van der Waals surface area contributed by atoms with Crippen LogP contribution < -0.4 is 10.0 Å². The number of carbonyl (C=O) groups excluding carboxylic acids is 1. The Morgan fingerprint density at radius 2 is 1.60 bits per heavy atom. The minimum Gasteiger partial charge on any atom is -0.355 e. The first-order chi connectivity index (χ1) is 16.9. The van der Waals surface area contributed by atoms with Crippen molar-refractivity contribution in [2.75, 3.05) is 30.6 Å². The molecule has 0 atom stereocenters. The van der Waals surface area contributed by atoms with E-state index in [1.165, 1.54) is 11.1 Å². The Morgan fingerprint density at radius 3 is 2.23 bits per heavy atom. The van der Waals surface area contributed by atoms with E-state index in [0.717, 1.165) is 43.2 Å². The zero-order chi connectivity index (χ0) is 24.7. The Kier molecular flexibility index (Phi) is 8.21. The van der Waals surface area contributed by atoms with E-state index in [2.05, 4.69) is 63.5 Å². The fraction of sp³-hybridized carbons (Fsp3) is 0.321. The molecule has 7 heteroatoms. The molecule has 6 nitrogen and oxygen atoms in total. The van der Waals surface area contributed by atoms with Crippen molar-refractivity contribution in [1.29, 1.82) is 0 Å². The van der Waals surface area contributed by atoms with Gasteiger partial charge in [0.25, 0.3) is 0 Å². The van der Waals surface area contributed by atoms with Crippen LogP contribution in [0, 0.1) is 0 Å². The number of nitrogens with one attached hydrogen (secondary N) is 2. The molecule has 3 aromatic carbocycles. The topological polar surface area (TPSA) is 78.5 Å². The van der Waals surface area contributed by atoms with Crippen LogP contribution in [0.25, 0.3) is 0 Å². The zero-order valence-corrected chi connectivity index (χ0v) is 20.9. The molecule has 1 amide bonds. The van der Waals surface area contributed by atoms with Crippen molar-refractivity contribution >= 4 is 21.6 Å². The molecule has 0 spiro atoms. The molecule has 184 valence electrons. The Hall–Kier alpha value is -3.16. The molecular formula is C28H33N3O3S. The van der Waals surface area contributed by atoms with Gasteiger partial charge in [0.05, 0.1) is 18.5 Å². The van der Waals surface area contributed by atoms with Gasteiger partial charge in [0.1, 0.15) is 0 Å². The SMILES string of the molecule is CS(=O)(=O)Nc1cccc2c1CN(CC(=O)NCCCC(c1ccccc1)c1ccccc1)CC2. The predicted octanol–water partition coefficient (Wildman–Crippen LogP) is 4.14. The summed E-state index contributed by atoms with van der Waals surface area (Å²) in [7, 11) is -3.36. The molecule has 0 aromatic heterocycles. The number of hydrogen-bond donors (Lipinski definition) is 2. The van der Waals surface area contributed by atoms with Crippen LogP contribution in [0.1, 0.15) is 41.0 Å². The lowest BCUT2D eigenvalue weighted by molar-refractivity contribution is -0.122. The van der Waals surface area contributed by atoms with Gasteiger partial charge in [0, 0.05) is 25.6 Å². The average molecular weight is 492 g/mol. The predicted molar refractivity (Wildman–Crippen MR) is 141 cm³/mol. The van der Waals surface area contributed by atoms with Crippen LogP contribution in [0.3, 0.4) is 0 Å². The third-order valence-corrected chi connectivity index (χ3v) is 7.00. The van der Waals surface area contributed by atoms with Crippen molar-refractivity contribution in [3.05, 3.63) is 101 Å². The van der Waals surface area contributed by atoms with E-state index >= 15 is 0 Å². The maximum atomic E-state index is 12.7. The normalized spacial score (nSPS) is 13.9. The number of carbonyl (C=O) groups is 1. The third kappa shape index (κ3) is 7.16. The van der Waals surface area contributed by atoms with E-state index in [4.69, 9.17) is 0 Å². The van der Waals surface area contributed by atoms with Gasteiger partial charge in [-0.05, 0) is 47.6 Å². The second-order valence-corrected chi connectivity index (χ2v) is 10.9. The molecular weight excluding hydrogens is 458 g/mol. The van der Waals surface area contributed by atoms with Gasteiger partial charge in [0.15, 0.2) is 0 Å². The first kappa shape index (κ1) is 24.9. The first-order valence-corrected chi connectivity index (χ1v) is 14.0. The minimum atomic E-state index is -3.36. The highest BCUT2D eigenvalue weighted by molar-refractivity contribution is 7.92. The Bertz CT molecular complexity index is 1190. The Morgan fingerprint density at radius 1 is 0.943 bits per heavy atom. The molecule has 1 aliphatic rings. The van der Waals surface area contributed by atoms with Gasteiger partial charge >= 0.3 is 0 Å². The van der Waals surface area contributed by atoms with Gasteiger partial charge < -0.3 is 5.32 Å². The Labute approximate surface area is 208 Å². The zero-order valence-electron chi connectivity index (χ0n) is 20.1. The molecule has 0 aliphatic carbocycles. The summed E-state index contributed by atoms with van der Waals surface area (Å²) in [5.41, 5.74) is 5.25. The molecule has 1 aliphatic heterocycles. The largest absolute Gasteiger partial charge is 0.355 e. The van der Waals surface area contributed by atoms with Crippen LogP contribution in [0.2, 0.25) is 0 Å². The van der Waals surface area contributed by atoms with Crippen LogP contribution in [0.5, 0.6) is 0 Å². The van der Waals surface area contributed by atoms with Gasteiger partial charge in [-0.1, -0.05) is 72.8 Å². The van der Waals surface area contributed by atoms with Gasteiger partial charge in [-0.3, -0.25) is 14.4 Å². The van der Waals surface area contributed by atoms with Gasteiger partial charge in [-0.15, -0.1) is 0 Å². The lowest BCUT2D eigenvalue weighted by Gasteiger charge is -2.29. The van der Waals surface area contributed by atoms with Gasteiger partial charge in [-0.2, -0.15) is 0 Å². The molecule has 35 heavy (non-hydrogen) atoms. The average Bonchev–Trinajstić information content (AvgIpc) is 2.84. The second kappa shape index (κ2) is 11.5. The molecule has 0 saturated heterocycles. The number of rotatable bonds is 10. The number of benzene rings is 3. The maximum absolute atomic E-state index is 12.7. The van der Waals surface area contributed by atoms with E-state index in [1.807, 2.05) is 24.3 Å². The molecule has 2 N–H and O–H groups in total. The van der Waals surface area contributed by atoms with Crippen molar-refractivity contribution in [3.63, 3.8) is 0 Å². The fourth-order valence-electron chi connectivity index (χ4n) is 4.76. The molecule has 0 saturated carbocycles. The second-order valence-electron chi connectivity index (χ2n) is 9.14. The van der Waals surface area contributed by atoms with E-state index in [9.17, 15) is 13.2 Å². The summed E-state index contributed by atoms with van der Waals surface area (Å²) in [6.45, 7) is 2.24. The van der Waals surface area contributed by atoms with E-state index in [0.29, 0.717) is 31.2 Å². The first-order valence-electron chi connectivity index (χ1n) is 12.1. The molecule has 0 bridgehead atoms. The molecule has 0 fully saturated rings. The van der Waals surface area contributed by atoms with E-state index in [-0.39, 0.29) is 5.91 Å². The summed E-state index contributed by atoms with van der Waals surface area (Å²) in [6, 6.07) is 26.7. The third-order valence-electron chi connectivity index (χ3n) is 6.41. The fourth-order valence-corrected chi connectivity index (χ4v) is 5.35. The number of hydrogen-bond acceptors (Lipinski definition) is 4. The smallest absolute Gasteiger partial charge is 0.234 e. The van der Waals surface area contributed by atoms with Crippen LogP contribution in [0.15, 0.2) is 78.9 Å². The highest BCUT2D eigenvalue weighted by Gasteiger charge is 2.22. The summed E-state index contributed by atoms with van der Waals surface area (Å²) in [5.74, 6) is 0.298. The number of anilines is 1. The van der Waals surface area contributed by atoms with Crippen LogP contribution in [-0.4, -0.2) is 45.1 Å². The van der Waals surface area contributed by atoms with Crippen molar-refractivity contribution in [3.8, 4) is 0 Å². The monoisotopic (exact) mass is 491 g/mol. The lowest BCUT2D eigenvalue weighted by atomic mass is 9.87. The van der Waals surface area contributed by atoms with Crippen molar-refractivity contribution < 1.29 is 13.2 Å². The molecule has 4 rings (SSSR count). The highest BCUT2D eigenvalue weighted by Crippen LogP contribution is 2.29. The van der Waals surface area contributed by atoms with E-state index < -0.39 is 10.0 Å². The maximum Gasteiger partial charge on any atom is 0.234 e. The number of nitrogens with zero attached hydrogens (tertiary/aromatic N) is 1. The molecule has 0 radical (unpaired) electrons. The number of sulfonamides is 1. The summed E-state index contributed by atoms with van der Waals surface area (Å²) >= 11 is 0. The number of amides is 1. The lowest BCUT2D eigenvalue weighted by Crippen LogP contribution is -2.40. The number of fused-ring (bicyclic) bond motifs is 1. The molecule has 1 heterocycles. The van der Waals surface area contributed by atoms with Gasteiger partial charge in [0.2, 0.25) is 15.9 Å². The van der Waals surface area contributed by atoms with Crippen LogP contribution in [0.4, 0.5) is 5.69 Å². The quantitative estimate of drug-likeness (QED) is 0.418. The van der Waals surface area contributed by atoms with Crippen molar-refractivity contribution in [2.24, 2.45) is 0 Å².